The van der Waals surface area contributed by atoms with E-state index in [1.165, 1.54) is 6.07 Å². The van der Waals surface area contributed by atoms with E-state index in [0.29, 0.717) is 0 Å². The van der Waals surface area contributed by atoms with E-state index in [-0.39, 0.29) is 17.0 Å². The van der Waals surface area contributed by atoms with Gasteiger partial charge in [-0.2, -0.15) is 13.2 Å². The zero-order valence-electron chi connectivity index (χ0n) is 9.04. The molecule has 0 aromatic carbocycles. The molecule has 0 fully saturated rings. The minimum Gasteiger partial charge on any atom is -0.475 e. The van der Waals surface area contributed by atoms with Crippen molar-refractivity contribution in [2.24, 2.45) is 11.7 Å². The molecule has 1 rings (SSSR count). The van der Waals surface area contributed by atoms with Gasteiger partial charge in [0.1, 0.15) is 0 Å². The van der Waals surface area contributed by atoms with E-state index in [1.54, 1.807) is 6.07 Å². The molecule has 0 saturated heterocycles. The fourth-order valence-electron chi connectivity index (χ4n) is 1.07. The fourth-order valence-corrected chi connectivity index (χ4v) is 2.10. The maximum absolute atomic E-state index is 11.9. The van der Waals surface area contributed by atoms with Gasteiger partial charge in [-0.25, -0.2) is 0 Å². The van der Waals surface area contributed by atoms with Crippen LogP contribution in [0.5, 0.6) is 5.06 Å². The highest BCUT2D eigenvalue weighted by Gasteiger charge is 2.28. The summed E-state index contributed by atoms with van der Waals surface area (Å²) in [5, 5.41) is 0.253. The molecule has 0 aliphatic heterocycles. The van der Waals surface area contributed by atoms with Crippen LogP contribution in [0.2, 0.25) is 0 Å². The quantitative estimate of drug-likeness (QED) is 0.893. The SMILES string of the molecule is CC(C)C(N)c1ccc(OCC(F)(F)F)s1. The second-order valence-electron chi connectivity index (χ2n) is 3.83. The summed E-state index contributed by atoms with van der Waals surface area (Å²) in [4.78, 5) is 0.840. The lowest BCUT2D eigenvalue weighted by atomic mass is 10.0. The van der Waals surface area contributed by atoms with Gasteiger partial charge in [-0.3, -0.25) is 0 Å². The first-order valence-electron chi connectivity index (χ1n) is 4.84. The van der Waals surface area contributed by atoms with Gasteiger partial charge in [0.25, 0.3) is 0 Å². The summed E-state index contributed by atoms with van der Waals surface area (Å²) in [6.07, 6.45) is -4.30. The van der Waals surface area contributed by atoms with E-state index in [9.17, 15) is 13.2 Å². The summed E-state index contributed by atoms with van der Waals surface area (Å²) < 4.78 is 40.3. The van der Waals surface area contributed by atoms with E-state index < -0.39 is 12.8 Å². The number of hydrogen-bond acceptors (Lipinski definition) is 3. The monoisotopic (exact) mass is 253 g/mol. The lowest BCUT2D eigenvalue weighted by molar-refractivity contribution is -0.152. The van der Waals surface area contributed by atoms with E-state index in [2.05, 4.69) is 4.74 Å². The van der Waals surface area contributed by atoms with Gasteiger partial charge in [-0.15, -0.1) is 11.3 Å². The van der Waals surface area contributed by atoms with Gasteiger partial charge in [0.05, 0.1) is 0 Å². The van der Waals surface area contributed by atoms with Crippen molar-refractivity contribution in [2.75, 3.05) is 6.61 Å². The highest BCUT2D eigenvalue weighted by molar-refractivity contribution is 7.13. The number of rotatable bonds is 4. The Balaban J connectivity index is 2.58. The van der Waals surface area contributed by atoms with Crippen LogP contribution >= 0.6 is 11.3 Å². The first-order chi connectivity index (χ1) is 7.29. The third-order valence-electron chi connectivity index (χ3n) is 2.03. The van der Waals surface area contributed by atoms with Crippen LogP contribution in [0.4, 0.5) is 13.2 Å². The van der Waals surface area contributed by atoms with Crippen LogP contribution in [0.15, 0.2) is 12.1 Å². The summed E-state index contributed by atoms with van der Waals surface area (Å²) in [6, 6.07) is 3.07. The molecule has 0 spiro atoms. The molecule has 0 radical (unpaired) electrons. The molecule has 16 heavy (non-hydrogen) atoms. The van der Waals surface area contributed by atoms with Crippen molar-refractivity contribution < 1.29 is 17.9 Å². The number of halogens is 3. The summed E-state index contributed by atoms with van der Waals surface area (Å²) in [7, 11) is 0. The van der Waals surface area contributed by atoms with Crippen LogP contribution in [-0.2, 0) is 0 Å². The molecule has 1 aromatic heterocycles. The Hall–Kier alpha value is -0.750. The lowest BCUT2D eigenvalue weighted by Crippen LogP contribution is -2.18. The largest absolute Gasteiger partial charge is 0.475 e. The van der Waals surface area contributed by atoms with Crippen LogP contribution in [0, 0.1) is 5.92 Å². The van der Waals surface area contributed by atoms with Crippen LogP contribution in [0.3, 0.4) is 0 Å². The molecule has 0 aliphatic rings. The highest BCUT2D eigenvalue weighted by Crippen LogP contribution is 2.32. The third kappa shape index (κ3) is 4.02. The summed E-state index contributed by atoms with van der Waals surface area (Å²) in [5.41, 5.74) is 5.87. The minimum absolute atomic E-state index is 0.159. The van der Waals surface area contributed by atoms with Crippen molar-refractivity contribution in [3.05, 3.63) is 17.0 Å². The van der Waals surface area contributed by atoms with Gasteiger partial charge >= 0.3 is 6.18 Å². The Morgan fingerprint density at radius 1 is 1.38 bits per heavy atom. The van der Waals surface area contributed by atoms with Gasteiger partial charge in [0, 0.05) is 10.9 Å². The third-order valence-corrected chi connectivity index (χ3v) is 3.13. The Morgan fingerprint density at radius 2 is 2.00 bits per heavy atom. The molecule has 1 heterocycles. The standard InChI is InChI=1S/C10H14F3NOS/c1-6(2)9(14)7-3-4-8(16-7)15-5-10(11,12)13/h3-4,6,9H,5,14H2,1-2H3. The molecule has 0 bridgehead atoms. The van der Waals surface area contributed by atoms with E-state index in [1.807, 2.05) is 13.8 Å². The first-order valence-corrected chi connectivity index (χ1v) is 5.66. The van der Waals surface area contributed by atoms with Crippen molar-refractivity contribution in [1.29, 1.82) is 0 Å². The maximum Gasteiger partial charge on any atom is 0.422 e. The summed E-state index contributed by atoms with van der Waals surface area (Å²) in [5.74, 6) is 0.245. The molecule has 2 N–H and O–H groups in total. The van der Waals surface area contributed by atoms with Gasteiger partial charge < -0.3 is 10.5 Å². The predicted octanol–water partition coefficient (Wildman–Crippen LogP) is 3.35. The molecule has 2 nitrogen and oxygen atoms in total. The maximum atomic E-state index is 11.9. The van der Waals surface area contributed by atoms with Gasteiger partial charge in [-0.05, 0) is 18.1 Å². The predicted molar refractivity (Wildman–Crippen MR) is 57.6 cm³/mol. The molecule has 6 heteroatoms. The Bertz CT molecular complexity index is 335. The molecule has 92 valence electrons. The average molecular weight is 253 g/mol. The van der Waals surface area contributed by atoms with Crippen LogP contribution < -0.4 is 10.5 Å². The topological polar surface area (TPSA) is 35.2 Å². The Kier molecular flexibility index (Phi) is 4.21. The zero-order chi connectivity index (χ0) is 12.3. The molecule has 0 aliphatic carbocycles. The molecular weight excluding hydrogens is 239 g/mol. The van der Waals surface area contributed by atoms with Crippen LogP contribution in [0.25, 0.3) is 0 Å². The van der Waals surface area contributed by atoms with Gasteiger partial charge in [0.15, 0.2) is 11.7 Å². The zero-order valence-corrected chi connectivity index (χ0v) is 9.86. The van der Waals surface area contributed by atoms with Crippen molar-refractivity contribution in [3.63, 3.8) is 0 Å². The molecule has 0 amide bonds. The van der Waals surface area contributed by atoms with Crippen LogP contribution in [-0.4, -0.2) is 12.8 Å². The van der Waals surface area contributed by atoms with Crippen molar-refractivity contribution in [2.45, 2.75) is 26.1 Å². The second kappa shape index (κ2) is 5.05. The number of nitrogens with two attached hydrogens (primary N) is 1. The first kappa shape index (κ1) is 13.3. The molecule has 0 saturated carbocycles. The summed E-state index contributed by atoms with van der Waals surface area (Å²) >= 11 is 1.16. The van der Waals surface area contributed by atoms with E-state index in [4.69, 9.17) is 5.73 Å². The Morgan fingerprint density at radius 3 is 2.50 bits per heavy atom. The smallest absolute Gasteiger partial charge is 0.422 e. The highest BCUT2D eigenvalue weighted by atomic mass is 32.1. The second-order valence-corrected chi connectivity index (χ2v) is 4.91. The number of thiophene rings is 1. The minimum atomic E-state index is -4.30. The molecular formula is C10H14F3NOS. The van der Waals surface area contributed by atoms with Crippen molar-refractivity contribution >= 4 is 11.3 Å². The van der Waals surface area contributed by atoms with E-state index in [0.717, 1.165) is 16.2 Å². The van der Waals surface area contributed by atoms with Gasteiger partial charge in [-0.1, -0.05) is 13.8 Å². The van der Waals surface area contributed by atoms with Gasteiger partial charge in [0.2, 0.25) is 0 Å². The molecule has 1 aromatic rings. The average Bonchev–Trinajstić information content (AvgIpc) is 2.60. The fraction of sp³-hybridized carbons (Fsp3) is 0.600. The number of alkyl halides is 3. The summed E-state index contributed by atoms with van der Waals surface area (Å²) in [6.45, 7) is 2.66. The number of hydrogen-bond donors (Lipinski definition) is 1. The molecule has 1 unspecified atom stereocenters. The van der Waals surface area contributed by atoms with Crippen molar-refractivity contribution in [1.82, 2.24) is 0 Å². The van der Waals surface area contributed by atoms with Crippen molar-refractivity contribution in [3.8, 4) is 5.06 Å². The Labute approximate surface area is 96.2 Å². The van der Waals surface area contributed by atoms with E-state index >= 15 is 0 Å². The number of ether oxygens (including phenoxy) is 1. The lowest BCUT2D eigenvalue weighted by Gasteiger charge is -2.12. The molecule has 1 atom stereocenters. The van der Waals surface area contributed by atoms with Crippen LogP contribution in [0.1, 0.15) is 24.8 Å². The normalized spacial score (nSPS) is 14.2.